The number of morpholine rings is 1. The van der Waals surface area contributed by atoms with Crippen molar-refractivity contribution in [3.63, 3.8) is 0 Å². The van der Waals surface area contributed by atoms with Gasteiger partial charge in [0, 0.05) is 31.6 Å². The molecule has 2 fully saturated rings. The van der Waals surface area contributed by atoms with Crippen molar-refractivity contribution in [2.45, 2.75) is 38.5 Å². The van der Waals surface area contributed by atoms with Gasteiger partial charge in [-0.25, -0.2) is 4.98 Å². The largest absolute Gasteiger partial charge is 0.558 e. The summed E-state index contributed by atoms with van der Waals surface area (Å²) in [5.74, 6) is 0.906. The van der Waals surface area contributed by atoms with Crippen molar-refractivity contribution in [1.29, 1.82) is 0 Å². The molecule has 0 spiro atoms. The summed E-state index contributed by atoms with van der Waals surface area (Å²) in [6.07, 6.45) is 10.3. The number of ether oxygens (including phenoxy) is 2. The number of nitrogens with zero attached hydrogens (tertiary/aromatic N) is 3. The number of rotatable bonds is 4. The lowest BCUT2D eigenvalue weighted by Crippen LogP contribution is -2.44. The Bertz CT molecular complexity index is 991. The van der Waals surface area contributed by atoms with Gasteiger partial charge in [0.15, 0.2) is 5.75 Å². The van der Waals surface area contributed by atoms with Gasteiger partial charge >= 0.3 is 8.25 Å². The Morgan fingerprint density at radius 3 is 2.97 bits per heavy atom. The summed E-state index contributed by atoms with van der Waals surface area (Å²) in [4.78, 5) is 18.5. The SMILES string of the molecule is C[C@@H]1COCCN1c1cc(O[P+](=O)[O-])c2c(n1)C(=C1C=CNN1C1CCCCO1)NC=C2. The van der Waals surface area contributed by atoms with E-state index in [1.165, 1.54) is 0 Å². The molecule has 0 aromatic carbocycles. The van der Waals surface area contributed by atoms with Crippen LogP contribution < -0.4 is 25.1 Å². The second-order valence-electron chi connectivity index (χ2n) is 8.06. The topological polar surface area (TPSA) is 111 Å². The lowest BCUT2D eigenvalue weighted by molar-refractivity contribution is -0.178. The number of pyridine rings is 1. The quantitative estimate of drug-likeness (QED) is 0.647. The third-order valence-electron chi connectivity index (χ3n) is 5.97. The van der Waals surface area contributed by atoms with Gasteiger partial charge in [-0.1, -0.05) is 0 Å². The van der Waals surface area contributed by atoms with E-state index in [-0.39, 0.29) is 18.0 Å². The van der Waals surface area contributed by atoms with Gasteiger partial charge in [-0.05, 0) is 42.9 Å². The molecule has 170 valence electrons. The Morgan fingerprint density at radius 2 is 2.19 bits per heavy atom. The van der Waals surface area contributed by atoms with E-state index in [9.17, 15) is 9.46 Å². The maximum atomic E-state index is 11.5. The minimum absolute atomic E-state index is 0.0910. The van der Waals surface area contributed by atoms with Crippen molar-refractivity contribution in [1.82, 2.24) is 20.7 Å². The summed E-state index contributed by atoms with van der Waals surface area (Å²) < 4.78 is 28.2. The van der Waals surface area contributed by atoms with E-state index in [1.54, 1.807) is 18.3 Å². The molecule has 1 aromatic rings. The number of hydrogen-bond donors (Lipinski definition) is 2. The van der Waals surface area contributed by atoms with Gasteiger partial charge in [-0.3, -0.25) is 9.53 Å². The minimum Gasteiger partial charge on any atom is -0.558 e. The summed E-state index contributed by atoms with van der Waals surface area (Å²) in [5, 5.41) is 5.30. The number of hydrogen-bond acceptors (Lipinski definition) is 10. The second-order valence-corrected chi connectivity index (χ2v) is 8.69. The maximum absolute atomic E-state index is 11.5. The van der Waals surface area contributed by atoms with Gasteiger partial charge in [-0.2, -0.15) is 0 Å². The molecule has 5 heterocycles. The van der Waals surface area contributed by atoms with Crippen LogP contribution in [0.4, 0.5) is 5.82 Å². The zero-order chi connectivity index (χ0) is 22.1. The van der Waals surface area contributed by atoms with Crippen LogP contribution in [0.1, 0.15) is 37.4 Å². The van der Waals surface area contributed by atoms with Crippen molar-refractivity contribution in [3.8, 4) is 5.75 Å². The van der Waals surface area contributed by atoms with E-state index in [0.717, 1.165) is 37.3 Å². The van der Waals surface area contributed by atoms with E-state index in [2.05, 4.69) is 22.6 Å². The van der Waals surface area contributed by atoms with Crippen LogP contribution in [0, 0.1) is 0 Å². The molecule has 0 saturated carbocycles. The molecular formula is C21H26N5O5P. The van der Waals surface area contributed by atoms with Crippen LogP contribution in [0.5, 0.6) is 5.75 Å². The molecule has 2 unspecified atom stereocenters. The van der Waals surface area contributed by atoms with Crippen molar-refractivity contribution in [2.24, 2.45) is 0 Å². The molecule has 0 amide bonds. The van der Waals surface area contributed by atoms with Crippen LogP contribution in [-0.2, 0) is 14.0 Å². The van der Waals surface area contributed by atoms with Crippen LogP contribution in [-0.4, -0.2) is 48.6 Å². The molecule has 4 aliphatic rings. The Morgan fingerprint density at radius 1 is 1.28 bits per heavy atom. The lowest BCUT2D eigenvalue weighted by Gasteiger charge is -2.36. The summed E-state index contributed by atoms with van der Waals surface area (Å²) in [6, 6.07) is 1.79. The van der Waals surface area contributed by atoms with Gasteiger partial charge in [0.1, 0.15) is 17.7 Å². The molecular weight excluding hydrogens is 433 g/mol. The minimum atomic E-state index is -3.07. The molecule has 11 heteroatoms. The lowest BCUT2D eigenvalue weighted by atomic mass is 10.0. The summed E-state index contributed by atoms with van der Waals surface area (Å²) in [6.45, 7) is 4.60. The fourth-order valence-corrected chi connectivity index (χ4v) is 4.74. The highest BCUT2D eigenvalue weighted by atomic mass is 31.1. The van der Waals surface area contributed by atoms with E-state index in [1.807, 2.05) is 17.3 Å². The van der Waals surface area contributed by atoms with Gasteiger partial charge in [0.2, 0.25) is 0 Å². The molecule has 5 rings (SSSR count). The van der Waals surface area contributed by atoms with Gasteiger partial charge in [0.25, 0.3) is 0 Å². The zero-order valence-corrected chi connectivity index (χ0v) is 18.7. The first kappa shape index (κ1) is 21.2. The Labute approximate surface area is 187 Å². The standard InChI is InChI=1S/C21H26N5O5P/c1-14-13-29-11-9-25(14)18-12-17(31-32(27)28)15-5-7-22-21(20(15)24-18)16-6-8-23-26(16)19-4-2-3-10-30-19/h5-8,12,14,19,22-23H,2-4,9-11,13H2,1H3/t14-,19?/m1/s1. The number of aromatic nitrogens is 1. The molecule has 32 heavy (non-hydrogen) atoms. The molecule has 0 bridgehead atoms. The second kappa shape index (κ2) is 9.07. The number of allylic oxidation sites excluding steroid dienone is 1. The van der Waals surface area contributed by atoms with Gasteiger partial charge in [0.05, 0.1) is 36.2 Å². The smallest absolute Gasteiger partial charge is 0.539 e. The third-order valence-corrected chi connectivity index (χ3v) is 6.32. The Hall–Kier alpha value is -2.65. The molecule has 2 N–H and O–H groups in total. The highest BCUT2D eigenvalue weighted by Crippen LogP contribution is 2.38. The number of fused-ring (bicyclic) bond motifs is 1. The van der Waals surface area contributed by atoms with Gasteiger partial charge in [-0.15, -0.1) is 0 Å². The maximum Gasteiger partial charge on any atom is 0.539 e. The highest BCUT2D eigenvalue weighted by Gasteiger charge is 2.32. The predicted molar refractivity (Wildman–Crippen MR) is 117 cm³/mol. The predicted octanol–water partition coefficient (Wildman–Crippen LogP) is 1.81. The van der Waals surface area contributed by atoms with Crippen LogP contribution in [0.15, 0.2) is 30.2 Å². The number of anilines is 1. The summed E-state index contributed by atoms with van der Waals surface area (Å²) >= 11 is 0. The van der Waals surface area contributed by atoms with E-state index in [4.69, 9.17) is 19.0 Å². The van der Waals surface area contributed by atoms with Crippen molar-refractivity contribution >= 4 is 25.8 Å². The molecule has 10 nitrogen and oxygen atoms in total. The fraction of sp³-hybridized carbons (Fsp3) is 0.476. The summed E-state index contributed by atoms with van der Waals surface area (Å²) in [5.41, 5.74) is 6.13. The van der Waals surface area contributed by atoms with Crippen LogP contribution >= 0.6 is 8.25 Å². The molecule has 0 radical (unpaired) electrons. The average Bonchev–Trinajstić information content (AvgIpc) is 3.29. The Kier molecular flexibility index (Phi) is 6.01. The summed E-state index contributed by atoms with van der Waals surface area (Å²) in [7, 11) is -3.07. The van der Waals surface area contributed by atoms with Crippen LogP contribution in [0.2, 0.25) is 0 Å². The average molecular weight is 459 g/mol. The van der Waals surface area contributed by atoms with E-state index < -0.39 is 8.25 Å². The number of hydrazine groups is 1. The first-order chi connectivity index (χ1) is 15.6. The van der Waals surface area contributed by atoms with Crippen molar-refractivity contribution < 1.29 is 23.5 Å². The Balaban J connectivity index is 1.61. The third kappa shape index (κ3) is 4.06. The molecule has 3 atom stereocenters. The molecule has 2 saturated heterocycles. The number of nitrogens with one attached hydrogen (secondary N) is 2. The molecule has 0 aliphatic carbocycles. The van der Waals surface area contributed by atoms with E-state index >= 15 is 0 Å². The van der Waals surface area contributed by atoms with Crippen LogP contribution in [0.3, 0.4) is 0 Å². The highest BCUT2D eigenvalue weighted by molar-refractivity contribution is 7.31. The normalized spacial score (nSPS) is 27.6. The fourth-order valence-electron chi connectivity index (χ4n) is 4.43. The first-order valence-electron chi connectivity index (χ1n) is 10.8. The van der Waals surface area contributed by atoms with Crippen molar-refractivity contribution in [2.75, 3.05) is 31.3 Å². The van der Waals surface area contributed by atoms with Crippen molar-refractivity contribution in [3.05, 3.63) is 41.5 Å². The monoisotopic (exact) mass is 459 g/mol. The zero-order valence-electron chi connectivity index (χ0n) is 17.8. The molecule has 1 aromatic heterocycles. The van der Waals surface area contributed by atoms with E-state index in [0.29, 0.717) is 36.8 Å². The first-order valence-corrected chi connectivity index (χ1v) is 11.9. The van der Waals surface area contributed by atoms with Gasteiger partial charge < -0.3 is 30.0 Å². The molecule has 4 aliphatic heterocycles. The van der Waals surface area contributed by atoms with Crippen LogP contribution in [0.25, 0.3) is 11.8 Å².